The number of thiophene rings is 1. The summed E-state index contributed by atoms with van der Waals surface area (Å²) in [7, 11) is 1.33. The Morgan fingerprint density at radius 1 is 1.39 bits per heavy atom. The number of carbonyl (C=O) groups is 2. The first-order chi connectivity index (χ1) is 11.2. The lowest BCUT2D eigenvalue weighted by atomic mass is 10.3. The summed E-state index contributed by atoms with van der Waals surface area (Å²) in [6.45, 7) is 0.462. The second-order valence-electron chi connectivity index (χ2n) is 4.93. The van der Waals surface area contributed by atoms with Gasteiger partial charge in [0, 0.05) is 24.3 Å². The standard InChI is InChI=1S/C16H15N3O3S/c1-22-16(21)13-7-12-4-6-23-15(12)19(13)10-14(20)18-9-11-3-2-5-17-8-11/h2-8H,9-10H2,1H3,(H,18,20). The number of hydrogen-bond acceptors (Lipinski definition) is 5. The predicted octanol–water partition coefficient (Wildman–Crippen LogP) is 2.20. The molecule has 6 nitrogen and oxygen atoms in total. The van der Waals surface area contributed by atoms with Crippen LogP contribution in [0.15, 0.2) is 42.0 Å². The van der Waals surface area contributed by atoms with E-state index in [0.29, 0.717) is 12.2 Å². The van der Waals surface area contributed by atoms with Crippen molar-refractivity contribution in [1.82, 2.24) is 14.9 Å². The van der Waals surface area contributed by atoms with Gasteiger partial charge in [-0.25, -0.2) is 4.79 Å². The quantitative estimate of drug-likeness (QED) is 0.728. The molecule has 7 heteroatoms. The van der Waals surface area contributed by atoms with Gasteiger partial charge in [0.25, 0.3) is 0 Å². The van der Waals surface area contributed by atoms with E-state index in [2.05, 4.69) is 10.3 Å². The third-order valence-corrected chi connectivity index (χ3v) is 4.36. The summed E-state index contributed by atoms with van der Waals surface area (Å²) in [6, 6.07) is 7.36. The highest BCUT2D eigenvalue weighted by atomic mass is 32.1. The van der Waals surface area contributed by atoms with E-state index in [4.69, 9.17) is 4.74 Å². The molecule has 0 fully saturated rings. The molecule has 0 bridgehead atoms. The number of rotatable bonds is 5. The topological polar surface area (TPSA) is 73.2 Å². The maximum absolute atomic E-state index is 12.2. The zero-order valence-corrected chi connectivity index (χ0v) is 13.3. The molecule has 3 aromatic heterocycles. The van der Waals surface area contributed by atoms with Crippen LogP contribution in [0.25, 0.3) is 10.2 Å². The summed E-state index contributed by atoms with van der Waals surface area (Å²) >= 11 is 1.48. The van der Waals surface area contributed by atoms with Crippen molar-refractivity contribution in [3.63, 3.8) is 0 Å². The van der Waals surface area contributed by atoms with Crippen molar-refractivity contribution in [3.8, 4) is 0 Å². The minimum absolute atomic E-state index is 0.0642. The maximum atomic E-state index is 12.2. The number of nitrogens with one attached hydrogen (secondary N) is 1. The molecule has 0 aliphatic heterocycles. The fourth-order valence-electron chi connectivity index (χ4n) is 2.31. The van der Waals surface area contributed by atoms with Crippen LogP contribution >= 0.6 is 11.3 Å². The van der Waals surface area contributed by atoms with Crippen molar-refractivity contribution in [2.75, 3.05) is 7.11 Å². The monoisotopic (exact) mass is 329 g/mol. The van der Waals surface area contributed by atoms with E-state index >= 15 is 0 Å². The lowest BCUT2D eigenvalue weighted by Gasteiger charge is -2.09. The second-order valence-corrected chi connectivity index (χ2v) is 5.82. The van der Waals surface area contributed by atoms with Gasteiger partial charge in [-0.1, -0.05) is 6.07 Å². The smallest absolute Gasteiger partial charge is 0.354 e. The van der Waals surface area contributed by atoms with Gasteiger partial charge in [0.1, 0.15) is 17.1 Å². The molecule has 0 aliphatic carbocycles. The number of esters is 1. The Hall–Kier alpha value is -2.67. The number of pyridine rings is 1. The number of fused-ring (bicyclic) bond motifs is 1. The summed E-state index contributed by atoms with van der Waals surface area (Å²) in [4.78, 5) is 29.0. The van der Waals surface area contributed by atoms with Gasteiger partial charge in [-0.3, -0.25) is 9.78 Å². The molecule has 118 valence electrons. The van der Waals surface area contributed by atoms with Crippen LogP contribution in [-0.4, -0.2) is 28.5 Å². The van der Waals surface area contributed by atoms with Gasteiger partial charge in [0.2, 0.25) is 5.91 Å². The Bertz CT molecular complexity index is 839. The molecule has 0 spiro atoms. The number of aromatic nitrogens is 2. The van der Waals surface area contributed by atoms with Crippen molar-refractivity contribution in [3.05, 3.63) is 53.3 Å². The van der Waals surface area contributed by atoms with Crippen LogP contribution in [0.2, 0.25) is 0 Å². The molecule has 0 radical (unpaired) electrons. The average molecular weight is 329 g/mol. The van der Waals surface area contributed by atoms with E-state index in [1.54, 1.807) is 23.0 Å². The van der Waals surface area contributed by atoms with E-state index in [1.807, 2.05) is 23.6 Å². The third-order valence-electron chi connectivity index (χ3n) is 3.41. The van der Waals surface area contributed by atoms with Gasteiger partial charge in [-0.15, -0.1) is 11.3 Å². The number of amides is 1. The Morgan fingerprint density at radius 3 is 3.00 bits per heavy atom. The highest BCUT2D eigenvalue weighted by molar-refractivity contribution is 7.16. The van der Waals surface area contributed by atoms with Gasteiger partial charge in [0.15, 0.2) is 0 Å². The van der Waals surface area contributed by atoms with Gasteiger partial charge in [-0.05, 0) is 29.1 Å². The normalized spacial score (nSPS) is 10.7. The molecule has 0 aliphatic rings. The second kappa shape index (κ2) is 6.62. The first-order valence-corrected chi connectivity index (χ1v) is 7.87. The van der Waals surface area contributed by atoms with E-state index in [-0.39, 0.29) is 12.5 Å². The molecular weight excluding hydrogens is 314 g/mol. The van der Waals surface area contributed by atoms with Gasteiger partial charge in [-0.2, -0.15) is 0 Å². The van der Waals surface area contributed by atoms with E-state index in [1.165, 1.54) is 18.4 Å². The fourth-order valence-corrected chi connectivity index (χ4v) is 3.21. The van der Waals surface area contributed by atoms with Crippen LogP contribution in [0, 0.1) is 0 Å². The van der Waals surface area contributed by atoms with Crippen molar-refractivity contribution in [2.45, 2.75) is 13.1 Å². The molecular formula is C16H15N3O3S. The highest BCUT2D eigenvalue weighted by Gasteiger charge is 2.18. The Kier molecular flexibility index (Phi) is 4.38. The minimum Gasteiger partial charge on any atom is -0.464 e. The molecule has 3 heterocycles. The molecule has 0 atom stereocenters. The molecule has 3 aromatic rings. The van der Waals surface area contributed by atoms with Crippen LogP contribution in [0.5, 0.6) is 0 Å². The summed E-state index contributed by atoms with van der Waals surface area (Å²) in [5, 5.41) is 5.68. The minimum atomic E-state index is -0.451. The first kappa shape index (κ1) is 15.2. The summed E-state index contributed by atoms with van der Waals surface area (Å²) in [5.41, 5.74) is 1.30. The number of ether oxygens (including phenoxy) is 1. The molecule has 1 amide bonds. The molecule has 0 saturated carbocycles. The average Bonchev–Trinajstić information content (AvgIpc) is 3.16. The largest absolute Gasteiger partial charge is 0.464 e. The Balaban J connectivity index is 1.76. The SMILES string of the molecule is COC(=O)c1cc2ccsc2n1CC(=O)NCc1cccnc1. The van der Waals surface area contributed by atoms with Gasteiger partial charge >= 0.3 is 5.97 Å². The van der Waals surface area contributed by atoms with Crippen molar-refractivity contribution < 1.29 is 14.3 Å². The van der Waals surface area contributed by atoms with Gasteiger partial charge < -0.3 is 14.6 Å². The summed E-state index contributed by atoms with van der Waals surface area (Å²) < 4.78 is 6.48. The number of hydrogen-bond donors (Lipinski definition) is 1. The zero-order valence-electron chi connectivity index (χ0n) is 12.5. The lowest BCUT2D eigenvalue weighted by molar-refractivity contribution is -0.121. The molecule has 0 unspecified atom stereocenters. The molecule has 1 N–H and O–H groups in total. The third kappa shape index (κ3) is 3.24. The van der Waals surface area contributed by atoms with E-state index in [9.17, 15) is 9.59 Å². The van der Waals surface area contributed by atoms with E-state index in [0.717, 1.165) is 15.8 Å². The van der Waals surface area contributed by atoms with Crippen molar-refractivity contribution in [2.24, 2.45) is 0 Å². The number of methoxy groups -OCH3 is 1. The number of nitrogens with zero attached hydrogens (tertiary/aromatic N) is 2. The van der Waals surface area contributed by atoms with Crippen LogP contribution < -0.4 is 5.32 Å². The Labute approximate surface area is 136 Å². The van der Waals surface area contributed by atoms with Crippen molar-refractivity contribution in [1.29, 1.82) is 0 Å². The zero-order chi connectivity index (χ0) is 16.2. The lowest BCUT2D eigenvalue weighted by Crippen LogP contribution is -2.28. The molecule has 23 heavy (non-hydrogen) atoms. The predicted molar refractivity (Wildman–Crippen MR) is 87.2 cm³/mol. The Morgan fingerprint density at radius 2 is 2.26 bits per heavy atom. The first-order valence-electron chi connectivity index (χ1n) is 6.99. The van der Waals surface area contributed by atoms with Crippen LogP contribution in [0.1, 0.15) is 16.1 Å². The molecule has 0 aromatic carbocycles. The van der Waals surface area contributed by atoms with Gasteiger partial charge in [0.05, 0.1) is 7.11 Å². The molecule has 0 saturated heterocycles. The van der Waals surface area contributed by atoms with Crippen molar-refractivity contribution >= 4 is 33.4 Å². The number of carbonyl (C=O) groups excluding carboxylic acids is 2. The fraction of sp³-hybridized carbons (Fsp3) is 0.188. The summed E-state index contributed by atoms with van der Waals surface area (Å²) in [6.07, 6.45) is 3.38. The van der Waals surface area contributed by atoms with E-state index < -0.39 is 5.97 Å². The molecule has 3 rings (SSSR count). The maximum Gasteiger partial charge on any atom is 0.354 e. The van der Waals surface area contributed by atoms with Crippen LogP contribution in [0.4, 0.5) is 0 Å². The highest BCUT2D eigenvalue weighted by Crippen LogP contribution is 2.25. The van der Waals surface area contributed by atoms with Crippen LogP contribution in [-0.2, 0) is 22.6 Å². The summed E-state index contributed by atoms with van der Waals surface area (Å²) in [5.74, 6) is -0.627. The van der Waals surface area contributed by atoms with Crippen LogP contribution in [0.3, 0.4) is 0 Å².